The Hall–Kier alpha value is -1.40. The van der Waals surface area contributed by atoms with Gasteiger partial charge in [0.1, 0.15) is 0 Å². The van der Waals surface area contributed by atoms with Crippen LogP contribution in [0.25, 0.3) is 0 Å². The quantitative estimate of drug-likeness (QED) is 0.837. The molecule has 1 aromatic rings. The predicted octanol–water partition coefficient (Wildman–Crippen LogP) is 0.781. The van der Waals surface area contributed by atoms with Gasteiger partial charge in [0.05, 0.1) is 4.90 Å². The Labute approximate surface area is 101 Å². The van der Waals surface area contributed by atoms with Gasteiger partial charge in [-0.15, -0.1) is 0 Å². The van der Waals surface area contributed by atoms with Crippen molar-refractivity contribution in [2.75, 3.05) is 0 Å². The van der Waals surface area contributed by atoms with Crippen molar-refractivity contribution in [3.63, 3.8) is 0 Å². The van der Waals surface area contributed by atoms with Gasteiger partial charge in [0.25, 0.3) is 5.91 Å². The highest BCUT2D eigenvalue weighted by Crippen LogP contribution is 2.15. The van der Waals surface area contributed by atoms with Crippen molar-refractivity contribution in [1.82, 2.24) is 5.32 Å². The number of nitrogens with two attached hydrogens (primary N) is 1. The number of amides is 1. The zero-order valence-electron chi connectivity index (χ0n) is 10.0. The van der Waals surface area contributed by atoms with Crippen molar-refractivity contribution in [3.05, 3.63) is 29.3 Å². The van der Waals surface area contributed by atoms with Gasteiger partial charge in [0.2, 0.25) is 10.0 Å². The normalized spacial score (nSPS) is 11.6. The molecule has 0 atom stereocenters. The topological polar surface area (TPSA) is 89.3 Å². The van der Waals surface area contributed by atoms with Crippen molar-refractivity contribution in [2.24, 2.45) is 5.14 Å². The number of nitrogens with one attached hydrogen (secondary N) is 1. The van der Waals surface area contributed by atoms with E-state index in [-0.39, 0.29) is 22.4 Å². The summed E-state index contributed by atoms with van der Waals surface area (Å²) in [7, 11) is -3.80. The summed E-state index contributed by atoms with van der Waals surface area (Å²) < 4.78 is 22.6. The number of rotatable bonds is 3. The molecule has 3 N–H and O–H groups in total. The summed E-state index contributed by atoms with van der Waals surface area (Å²) in [5, 5.41) is 7.75. The number of aryl methyl sites for hydroxylation is 1. The average Bonchev–Trinajstić information content (AvgIpc) is 2.15. The Balaban J connectivity index is 3.18. The van der Waals surface area contributed by atoms with E-state index in [0.717, 1.165) is 0 Å². The molecule has 6 heteroatoms. The highest BCUT2D eigenvalue weighted by Gasteiger charge is 2.15. The first kappa shape index (κ1) is 13.7. The number of carbonyl (C=O) groups excluding carboxylic acids is 1. The lowest BCUT2D eigenvalue weighted by atomic mass is 10.1. The molecule has 0 saturated heterocycles. The summed E-state index contributed by atoms with van der Waals surface area (Å²) in [5.41, 5.74) is 0.807. The fraction of sp³-hybridized carbons (Fsp3) is 0.364. The minimum atomic E-state index is -3.80. The van der Waals surface area contributed by atoms with Crippen LogP contribution in [0.5, 0.6) is 0 Å². The number of carbonyl (C=O) groups is 1. The molecule has 0 bridgehead atoms. The lowest BCUT2D eigenvalue weighted by molar-refractivity contribution is 0.0943. The van der Waals surface area contributed by atoms with Crippen LogP contribution in [0, 0.1) is 6.92 Å². The molecule has 0 spiro atoms. The van der Waals surface area contributed by atoms with Gasteiger partial charge in [-0.2, -0.15) is 0 Å². The highest BCUT2D eigenvalue weighted by molar-refractivity contribution is 7.89. The van der Waals surface area contributed by atoms with Gasteiger partial charge >= 0.3 is 0 Å². The second-order valence-electron chi connectivity index (χ2n) is 4.15. The Bertz CT molecular complexity index is 536. The molecule has 1 rings (SSSR count). The number of hydrogen-bond acceptors (Lipinski definition) is 3. The van der Waals surface area contributed by atoms with Crippen LogP contribution in [0.15, 0.2) is 23.1 Å². The van der Waals surface area contributed by atoms with E-state index in [9.17, 15) is 13.2 Å². The third-order valence-corrected chi connectivity index (χ3v) is 3.23. The Morgan fingerprint density at radius 3 is 2.41 bits per heavy atom. The predicted molar refractivity (Wildman–Crippen MR) is 65.2 cm³/mol. The van der Waals surface area contributed by atoms with Gasteiger partial charge in [0.15, 0.2) is 0 Å². The molecule has 1 aromatic carbocycles. The maximum atomic E-state index is 11.7. The van der Waals surface area contributed by atoms with E-state index in [2.05, 4.69) is 5.32 Å². The summed E-state index contributed by atoms with van der Waals surface area (Å²) in [5.74, 6) is -0.315. The molecule has 0 aliphatic rings. The van der Waals surface area contributed by atoms with Crippen LogP contribution >= 0.6 is 0 Å². The van der Waals surface area contributed by atoms with E-state index in [1.807, 2.05) is 13.8 Å². The minimum Gasteiger partial charge on any atom is -0.350 e. The van der Waals surface area contributed by atoms with Crippen molar-refractivity contribution in [3.8, 4) is 0 Å². The first-order chi connectivity index (χ1) is 7.71. The van der Waals surface area contributed by atoms with Crippen LogP contribution in [-0.4, -0.2) is 20.4 Å². The fourth-order valence-electron chi connectivity index (χ4n) is 1.39. The van der Waals surface area contributed by atoms with Crippen LogP contribution in [0.4, 0.5) is 0 Å². The van der Waals surface area contributed by atoms with Crippen molar-refractivity contribution >= 4 is 15.9 Å². The van der Waals surface area contributed by atoms with Gasteiger partial charge in [-0.3, -0.25) is 4.79 Å². The van der Waals surface area contributed by atoms with E-state index in [1.54, 1.807) is 19.1 Å². The van der Waals surface area contributed by atoms with E-state index in [4.69, 9.17) is 5.14 Å². The Morgan fingerprint density at radius 1 is 1.35 bits per heavy atom. The monoisotopic (exact) mass is 256 g/mol. The SMILES string of the molecule is Cc1ccc(C(=O)NC(C)C)cc1S(N)(=O)=O. The number of benzene rings is 1. The lowest BCUT2D eigenvalue weighted by Gasteiger charge is -2.10. The molecule has 0 saturated carbocycles. The van der Waals surface area contributed by atoms with Crippen molar-refractivity contribution < 1.29 is 13.2 Å². The average molecular weight is 256 g/mol. The van der Waals surface area contributed by atoms with E-state index < -0.39 is 10.0 Å². The number of primary sulfonamides is 1. The summed E-state index contributed by atoms with van der Waals surface area (Å²) in [6.07, 6.45) is 0. The molecule has 0 aliphatic heterocycles. The second kappa shape index (κ2) is 4.85. The summed E-state index contributed by atoms with van der Waals surface area (Å²) in [6, 6.07) is 4.42. The van der Waals surface area contributed by atoms with Crippen molar-refractivity contribution in [1.29, 1.82) is 0 Å². The van der Waals surface area contributed by atoms with Gasteiger partial charge in [-0.25, -0.2) is 13.6 Å². The van der Waals surface area contributed by atoms with Crippen LogP contribution in [-0.2, 0) is 10.0 Å². The molecule has 0 aromatic heterocycles. The van der Waals surface area contributed by atoms with Gasteiger partial charge < -0.3 is 5.32 Å². The van der Waals surface area contributed by atoms with E-state index in [1.165, 1.54) is 6.07 Å². The zero-order valence-corrected chi connectivity index (χ0v) is 10.8. The molecule has 5 nitrogen and oxygen atoms in total. The first-order valence-corrected chi connectivity index (χ1v) is 6.71. The van der Waals surface area contributed by atoms with Gasteiger partial charge in [-0.05, 0) is 38.5 Å². The van der Waals surface area contributed by atoms with Crippen molar-refractivity contribution in [2.45, 2.75) is 31.7 Å². The third kappa shape index (κ3) is 3.54. The first-order valence-electron chi connectivity index (χ1n) is 5.16. The molecule has 0 aliphatic carbocycles. The molecule has 0 fully saturated rings. The molecule has 94 valence electrons. The Morgan fingerprint density at radius 2 is 1.94 bits per heavy atom. The molecule has 1 amide bonds. The van der Waals surface area contributed by atoms with Crippen LogP contribution in [0.2, 0.25) is 0 Å². The van der Waals surface area contributed by atoms with Gasteiger partial charge in [0, 0.05) is 11.6 Å². The van der Waals surface area contributed by atoms with Gasteiger partial charge in [-0.1, -0.05) is 6.07 Å². The maximum absolute atomic E-state index is 11.7. The molecular weight excluding hydrogens is 240 g/mol. The lowest BCUT2D eigenvalue weighted by Crippen LogP contribution is -2.30. The number of sulfonamides is 1. The molecule has 0 heterocycles. The summed E-state index contributed by atoms with van der Waals surface area (Å²) in [4.78, 5) is 11.7. The standard InChI is InChI=1S/C11H16N2O3S/c1-7(2)13-11(14)9-5-4-8(3)10(6-9)17(12,15)16/h4-7H,1-3H3,(H,13,14)(H2,12,15,16). The minimum absolute atomic E-state index is 0.0123. The second-order valence-corrected chi connectivity index (χ2v) is 5.68. The molecule has 0 unspecified atom stereocenters. The summed E-state index contributed by atoms with van der Waals surface area (Å²) in [6.45, 7) is 5.28. The van der Waals surface area contributed by atoms with Crippen LogP contribution in [0.3, 0.4) is 0 Å². The number of hydrogen-bond donors (Lipinski definition) is 2. The maximum Gasteiger partial charge on any atom is 0.251 e. The Kier molecular flexibility index (Phi) is 3.90. The molecule has 17 heavy (non-hydrogen) atoms. The highest BCUT2D eigenvalue weighted by atomic mass is 32.2. The largest absolute Gasteiger partial charge is 0.350 e. The van der Waals surface area contributed by atoms with Crippen LogP contribution < -0.4 is 10.5 Å². The zero-order chi connectivity index (χ0) is 13.2. The molecular formula is C11H16N2O3S. The van der Waals surface area contributed by atoms with Crippen LogP contribution in [0.1, 0.15) is 29.8 Å². The smallest absolute Gasteiger partial charge is 0.251 e. The van der Waals surface area contributed by atoms with E-state index >= 15 is 0 Å². The third-order valence-electron chi connectivity index (χ3n) is 2.18. The summed E-state index contributed by atoms with van der Waals surface area (Å²) >= 11 is 0. The fourth-order valence-corrected chi connectivity index (χ4v) is 2.20. The molecule has 0 radical (unpaired) electrons. The van der Waals surface area contributed by atoms with E-state index in [0.29, 0.717) is 5.56 Å².